The third-order valence-corrected chi connectivity index (χ3v) is 7.37. The summed E-state index contributed by atoms with van der Waals surface area (Å²) in [5.74, 6) is -11.3. The molecule has 0 heterocycles. The van der Waals surface area contributed by atoms with E-state index in [1.807, 2.05) is 0 Å². The number of phenols is 1. The Morgan fingerprint density at radius 3 is 2.40 bits per heavy atom. The van der Waals surface area contributed by atoms with Crippen LogP contribution in [0.15, 0.2) is 12.1 Å². The molecule has 12 nitrogen and oxygen atoms in total. The summed E-state index contributed by atoms with van der Waals surface area (Å²) in [5, 5.41) is 24.4. The van der Waals surface area contributed by atoms with Crippen molar-refractivity contribution >= 4 is 40.8 Å². The van der Waals surface area contributed by atoms with Gasteiger partial charge in [-0.3, -0.25) is 34.2 Å². The zero-order valence-electron chi connectivity index (χ0n) is 19.2. The van der Waals surface area contributed by atoms with Crippen molar-refractivity contribution < 1.29 is 43.7 Å². The van der Waals surface area contributed by atoms with E-state index in [0.29, 0.717) is 0 Å². The van der Waals surface area contributed by atoms with Crippen LogP contribution in [0, 0.1) is 23.7 Å². The second-order valence-electron chi connectivity index (χ2n) is 9.39. The van der Waals surface area contributed by atoms with E-state index in [9.17, 15) is 39.0 Å². The molecule has 2 saturated carbocycles. The molecule has 0 saturated heterocycles. The summed E-state index contributed by atoms with van der Waals surface area (Å²) >= 11 is 0. The van der Waals surface area contributed by atoms with E-state index in [2.05, 4.69) is 10.1 Å². The topological polar surface area (TPSA) is 193 Å². The van der Waals surface area contributed by atoms with Gasteiger partial charge < -0.3 is 20.7 Å². The second kappa shape index (κ2) is 8.24. The van der Waals surface area contributed by atoms with E-state index in [4.69, 9.17) is 5.73 Å². The Kier molecular flexibility index (Phi) is 5.76. The monoisotopic (exact) mass is 487 g/mol. The lowest BCUT2D eigenvalue weighted by atomic mass is 9.52. The van der Waals surface area contributed by atoms with Crippen LogP contribution >= 0.6 is 0 Å². The minimum Gasteiger partial charge on any atom is -0.507 e. The van der Waals surface area contributed by atoms with Gasteiger partial charge >= 0.3 is 6.09 Å². The first-order valence-electron chi connectivity index (χ1n) is 10.9. The number of nitrogens with two attached hydrogens (primary N) is 1. The highest BCUT2D eigenvalue weighted by atomic mass is 16.5. The number of hydrogen-bond acceptors (Lipinski definition) is 10. The fraction of sp³-hybridized carbons (Fsp3) is 0.478. The number of ketones is 4. The molecule has 3 aliphatic carbocycles. The molecule has 186 valence electrons. The van der Waals surface area contributed by atoms with Crippen LogP contribution in [0.4, 0.5) is 10.5 Å². The molecular formula is C23H25N3O9. The third kappa shape index (κ3) is 3.35. The molecule has 3 aliphatic rings. The molecular weight excluding hydrogens is 462 g/mol. The van der Waals surface area contributed by atoms with E-state index in [1.54, 1.807) is 0 Å². The lowest BCUT2D eigenvalue weighted by Gasteiger charge is -2.52. The minimum atomic E-state index is -2.78. The standard InChI is InChI=1S/C23H25N3O9/c1-26(2)16-10-7-8-6-9-11(25-22(33)35-3)4-5-12(27)14(9)17(28)13(8)19(30)23(10,34)20(31)15(18(16)29)21(24)32/h4-5,8,10,13,15-16,27,34H,6-7H2,1-3H3,(H2,24,32)(H,25,33)/t8-,10-,13?,15?,16-,23-/m0/s1. The Hall–Kier alpha value is -3.64. The minimum absolute atomic E-state index is 0.0273. The Morgan fingerprint density at radius 2 is 1.83 bits per heavy atom. The van der Waals surface area contributed by atoms with Crippen molar-refractivity contribution in [3.8, 4) is 5.75 Å². The first-order valence-corrected chi connectivity index (χ1v) is 10.9. The molecule has 35 heavy (non-hydrogen) atoms. The van der Waals surface area contributed by atoms with Crippen molar-refractivity contribution in [2.24, 2.45) is 29.4 Å². The fourth-order valence-corrected chi connectivity index (χ4v) is 5.88. The van der Waals surface area contributed by atoms with Crippen molar-refractivity contribution in [1.82, 2.24) is 4.90 Å². The van der Waals surface area contributed by atoms with E-state index in [0.717, 1.165) is 7.11 Å². The number of Topliss-reactive ketones (excluding diaryl/α,β-unsaturated/α-hetero) is 4. The Morgan fingerprint density at radius 1 is 1.17 bits per heavy atom. The average molecular weight is 487 g/mol. The number of ether oxygens (including phenoxy) is 1. The molecule has 12 heteroatoms. The van der Waals surface area contributed by atoms with Crippen LogP contribution in [-0.4, -0.2) is 83.1 Å². The van der Waals surface area contributed by atoms with Crippen molar-refractivity contribution in [3.63, 3.8) is 0 Å². The van der Waals surface area contributed by atoms with Gasteiger partial charge in [0.1, 0.15) is 5.75 Å². The Balaban J connectivity index is 1.85. The largest absolute Gasteiger partial charge is 0.507 e. The Bertz CT molecular complexity index is 1190. The van der Waals surface area contributed by atoms with Crippen molar-refractivity contribution in [1.29, 1.82) is 0 Å². The van der Waals surface area contributed by atoms with Gasteiger partial charge in [0.05, 0.1) is 24.6 Å². The van der Waals surface area contributed by atoms with Gasteiger partial charge in [0.15, 0.2) is 34.7 Å². The number of carbonyl (C=O) groups excluding carboxylic acids is 6. The number of hydrogen-bond donors (Lipinski definition) is 4. The van der Waals surface area contributed by atoms with Crippen LogP contribution < -0.4 is 11.1 Å². The molecule has 4 rings (SSSR count). The van der Waals surface area contributed by atoms with Gasteiger partial charge in [-0.15, -0.1) is 0 Å². The highest BCUT2D eigenvalue weighted by Gasteiger charge is 2.69. The number of fused-ring (bicyclic) bond motifs is 3. The smallest absolute Gasteiger partial charge is 0.411 e. The molecule has 0 spiro atoms. The first-order chi connectivity index (χ1) is 16.4. The molecule has 1 aromatic carbocycles. The number of nitrogens with one attached hydrogen (secondary N) is 1. The number of carbonyl (C=O) groups is 6. The van der Waals surface area contributed by atoms with Gasteiger partial charge in [-0.2, -0.15) is 0 Å². The summed E-state index contributed by atoms with van der Waals surface area (Å²) in [7, 11) is 4.16. The van der Waals surface area contributed by atoms with Crippen molar-refractivity contribution in [2.75, 3.05) is 26.5 Å². The predicted octanol–water partition coefficient (Wildman–Crippen LogP) is -0.955. The van der Waals surface area contributed by atoms with Crippen LogP contribution in [0.5, 0.6) is 5.75 Å². The summed E-state index contributed by atoms with van der Waals surface area (Å²) in [5.41, 5.74) is 2.74. The fourth-order valence-electron chi connectivity index (χ4n) is 5.88. The van der Waals surface area contributed by atoms with Crippen LogP contribution in [0.3, 0.4) is 0 Å². The van der Waals surface area contributed by atoms with Crippen molar-refractivity contribution in [2.45, 2.75) is 24.5 Å². The van der Waals surface area contributed by atoms with Gasteiger partial charge in [0.2, 0.25) is 5.91 Å². The summed E-state index contributed by atoms with van der Waals surface area (Å²) in [6.07, 6.45) is -0.869. The number of rotatable bonds is 3. The van der Waals surface area contributed by atoms with Gasteiger partial charge in [0, 0.05) is 11.6 Å². The number of methoxy groups -OCH3 is 1. The van der Waals surface area contributed by atoms with E-state index >= 15 is 0 Å². The van der Waals surface area contributed by atoms with E-state index in [1.165, 1.54) is 31.1 Å². The normalized spacial score (nSPS) is 32.0. The maximum atomic E-state index is 13.7. The highest BCUT2D eigenvalue weighted by Crippen LogP contribution is 2.51. The number of phenolic OH excluding ortho intramolecular Hbond substituents is 1. The van der Waals surface area contributed by atoms with Gasteiger partial charge in [-0.25, -0.2) is 4.79 Å². The number of aromatic hydroxyl groups is 1. The summed E-state index contributed by atoms with van der Waals surface area (Å²) in [6.45, 7) is 0. The molecule has 2 unspecified atom stereocenters. The molecule has 0 aromatic heterocycles. The number of anilines is 1. The number of amides is 2. The molecule has 0 bridgehead atoms. The van der Waals surface area contributed by atoms with Crippen molar-refractivity contribution in [3.05, 3.63) is 23.3 Å². The number of aliphatic hydroxyl groups is 1. The summed E-state index contributed by atoms with van der Waals surface area (Å²) in [6, 6.07) is 1.37. The average Bonchev–Trinajstić information content (AvgIpc) is 2.77. The van der Waals surface area contributed by atoms with Crippen LogP contribution in [0.1, 0.15) is 22.3 Å². The number of benzene rings is 1. The lowest BCUT2D eigenvalue weighted by molar-refractivity contribution is -0.181. The Labute approximate surface area is 199 Å². The third-order valence-electron chi connectivity index (χ3n) is 7.37. The van der Waals surface area contributed by atoms with Crippen LogP contribution in [0.25, 0.3) is 0 Å². The zero-order valence-corrected chi connectivity index (χ0v) is 19.2. The molecule has 1 aromatic rings. The quantitative estimate of drug-likeness (QED) is 0.305. The number of likely N-dealkylation sites (N-methyl/N-ethyl adjacent to an activating group) is 1. The molecule has 0 radical (unpaired) electrons. The van der Waals surface area contributed by atoms with Gasteiger partial charge in [-0.05, 0) is 50.6 Å². The SMILES string of the molecule is COC(=O)Nc1ccc(O)c2c1C[C@H]1C[C@H]3[C@H](N(C)C)C(=O)C(C(N)=O)C(=O)[C@@]3(O)C(=O)C1C2=O. The van der Waals surface area contributed by atoms with Gasteiger partial charge in [-0.1, -0.05) is 0 Å². The summed E-state index contributed by atoms with van der Waals surface area (Å²) in [4.78, 5) is 78.6. The van der Waals surface area contributed by atoms with E-state index < -0.39 is 76.2 Å². The highest BCUT2D eigenvalue weighted by molar-refractivity contribution is 6.32. The maximum absolute atomic E-state index is 13.7. The molecule has 5 N–H and O–H groups in total. The summed E-state index contributed by atoms with van der Waals surface area (Å²) < 4.78 is 4.60. The van der Waals surface area contributed by atoms with Gasteiger partial charge in [0.25, 0.3) is 0 Å². The van der Waals surface area contributed by atoms with Crippen LogP contribution in [-0.2, 0) is 30.3 Å². The maximum Gasteiger partial charge on any atom is 0.411 e. The molecule has 2 amide bonds. The molecule has 2 fully saturated rings. The number of primary amides is 1. The van der Waals surface area contributed by atoms with E-state index in [-0.39, 0.29) is 29.7 Å². The zero-order chi connectivity index (χ0) is 26.0. The van der Waals surface area contributed by atoms with Crippen LogP contribution in [0.2, 0.25) is 0 Å². The molecule has 6 atom stereocenters. The predicted molar refractivity (Wildman–Crippen MR) is 117 cm³/mol. The first kappa shape index (κ1) is 24.5. The second-order valence-corrected chi connectivity index (χ2v) is 9.39. The molecule has 0 aliphatic heterocycles. The lowest BCUT2D eigenvalue weighted by Crippen LogP contribution is -2.74. The number of nitrogens with zero attached hydrogens (tertiary/aromatic N) is 1.